The van der Waals surface area contributed by atoms with Crippen molar-refractivity contribution >= 4 is 33.3 Å². The standard InChI is InChI=1S/C14H15ClFNO5S/c1-2-22-14(18)10-5-6-21-8-13(10)23(19,20)17-12-4-3-9(16)7-11(12)15/h3-5,7,13,17H,2,6,8H2,1H3/t13-/m1/s1. The van der Waals surface area contributed by atoms with Gasteiger partial charge in [-0.25, -0.2) is 17.6 Å². The van der Waals surface area contributed by atoms with Crippen molar-refractivity contribution in [1.29, 1.82) is 0 Å². The molecule has 1 aromatic rings. The van der Waals surface area contributed by atoms with Gasteiger partial charge in [0, 0.05) is 0 Å². The summed E-state index contributed by atoms with van der Waals surface area (Å²) in [7, 11) is -4.04. The number of halogens is 2. The molecule has 1 aromatic carbocycles. The van der Waals surface area contributed by atoms with Crippen molar-refractivity contribution in [3.63, 3.8) is 0 Å². The Hall–Kier alpha value is -1.64. The van der Waals surface area contributed by atoms with E-state index in [1.54, 1.807) is 6.92 Å². The minimum Gasteiger partial charge on any atom is -0.463 e. The Morgan fingerprint density at radius 1 is 1.52 bits per heavy atom. The lowest BCUT2D eigenvalue weighted by molar-refractivity contribution is -0.139. The molecule has 1 aliphatic heterocycles. The summed E-state index contributed by atoms with van der Waals surface area (Å²) in [4.78, 5) is 11.9. The van der Waals surface area contributed by atoms with Crippen molar-refractivity contribution in [2.75, 3.05) is 24.5 Å². The zero-order valence-corrected chi connectivity index (χ0v) is 13.8. The Morgan fingerprint density at radius 3 is 2.91 bits per heavy atom. The van der Waals surface area contributed by atoms with E-state index < -0.39 is 27.1 Å². The van der Waals surface area contributed by atoms with Crippen LogP contribution in [0.5, 0.6) is 0 Å². The van der Waals surface area contributed by atoms with Gasteiger partial charge in [0.05, 0.1) is 36.1 Å². The van der Waals surface area contributed by atoms with Gasteiger partial charge >= 0.3 is 5.97 Å². The molecule has 1 aliphatic rings. The van der Waals surface area contributed by atoms with Gasteiger partial charge in [0.2, 0.25) is 10.0 Å². The second-order valence-corrected chi connectivity index (χ2v) is 6.95. The maximum atomic E-state index is 13.0. The van der Waals surface area contributed by atoms with E-state index in [-0.39, 0.29) is 36.1 Å². The predicted molar refractivity (Wildman–Crippen MR) is 83.3 cm³/mol. The quantitative estimate of drug-likeness (QED) is 0.810. The summed E-state index contributed by atoms with van der Waals surface area (Å²) in [5.74, 6) is -1.30. The summed E-state index contributed by atoms with van der Waals surface area (Å²) in [6.45, 7) is 1.68. The molecule has 0 aromatic heterocycles. The van der Waals surface area contributed by atoms with E-state index in [9.17, 15) is 17.6 Å². The molecule has 2 rings (SSSR count). The van der Waals surface area contributed by atoms with Crippen molar-refractivity contribution in [2.45, 2.75) is 12.2 Å². The summed E-state index contributed by atoms with van der Waals surface area (Å²) >= 11 is 5.82. The minimum atomic E-state index is -4.04. The molecule has 1 heterocycles. The number of hydrogen-bond acceptors (Lipinski definition) is 5. The third-order valence-electron chi connectivity index (χ3n) is 3.11. The number of hydrogen-bond donors (Lipinski definition) is 1. The first-order chi connectivity index (χ1) is 10.8. The van der Waals surface area contributed by atoms with E-state index in [2.05, 4.69) is 4.72 Å². The Bertz CT molecular complexity index is 735. The fraction of sp³-hybridized carbons (Fsp3) is 0.357. The first-order valence-electron chi connectivity index (χ1n) is 6.76. The molecular weight excluding hydrogens is 349 g/mol. The van der Waals surface area contributed by atoms with Crippen LogP contribution in [0.4, 0.5) is 10.1 Å². The highest BCUT2D eigenvalue weighted by molar-refractivity contribution is 7.93. The van der Waals surface area contributed by atoms with E-state index >= 15 is 0 Å². The van der Waals surface area contributed by atoms with Gasteiger partial charge in [0.1, 0.15) is 11.1 Å². The monoisotopic (exact) mass is 363 g/mol. The lowest BCUT2D eigenvalue weighted by Gasteiger charge is -2.24. The maximum absolute atomic E-state index is 13.0. The van der Waals surface area contributed by atoms with Crippen LogP contribution in [0.1, 0.15) is 6.92 Å². The van der Waals surface area contributed by atoms with Crippen LogP contribution in [-0.2, 0) is 24.3 Å². The zero-order valence-electron chi connectivity index (χ0n) is 12.2. The number of nitrogens with one attached hydrogen (secondary N) is 1. The normalized spacial score (nSPS) is 18.2. The molecule has 0 saturated carbocycles. The summed E-state index contributed by atoms with van der Waals surface area (Å²) in [5.41, 5.74) is 0.0192. The molecule has 0 radical (unpaired) electrons. The molecule has 0 saturated heterocycles. The van der Waals surface area contributed by atoms with Gasteiger partial charge in [-0.15, -0.1) is 0 Å². The van der Waals surface area contributed by atoms with Gasteiger partial charge in [-0.3, -0.25) is 4.72 Å². The fourth-order valence-corrected chi connectivity index (χ4v) is 3.73. The molecule has 1 atom stereocenters. The highest BCUT2D eigenvalue weighted by Crippen LogP contribution is 2.26. The summed E-state index contributed by atoms with van der Waals surface area (Å²) in [6, 6.07) is 3.26. The number of sulfonamides is 1. The molecular formula is C14H15ClFNO5S. The fourth-order valence-electron chi connectivity index (χ4n) is 2.03. The van der Waals surface area contributed by atoms with Gasteiger partial charge in [0.25, 0.3) is 0 Å². The topological polar surface area (TPSA) is 81.7 Å². The largest absolute Gasteiger partial charge is 0.463 e. The lowest BCUT2D eigenvalue weighted by Crippen LogP contribution is -2.39. The Kier molecular flexibility index (Phi) is 5.61. The highest BCUT2D eigenvalue weighted by Gasteiger charge is 2.36. The predicted octanol–water partition coefficient (Wildman–Crippen LogP) is 2.11. The summed E-state index contributed by atoms with van der Waals surface area (Å²) < 4.78 is 50.3. The van der Waals surface area contributed by atoms with Crippen LogP contribution in [0.15, 0.2) is 29.8 Å². The molecule has 126 valence electrons. The average molecular weight is 364 g/mol. The first kappa shape index (κ1) is 17.7. The van der Waals surface area contributed by atoms with Gasteiger partial charge < -0.3 is 9.47 Å². The molecule has 0 spiro atoms. The zero-order chi connectivity index (χ0) is 17.0. The third kappa shape index (κ3) is 4.21. The SMILES string of the molecule is CCOC(=O)C1=CCOC[C@H]1S(=O)(=O)Nc1ccc(F)cc1Cl. The number of rotatable bonds is 5. The van der Waals surface area contributed by atoms with E-state index in [1.165, 1.54) is 12.1 Å². The molecule has 0 unspecified atom stereocenters. The van der Waals surface area contributed by atoms with Gasteiger partial charge in [-0.1, -0.05) is 11.6 Å². The number of carbonyl (C=O) groups excluding carboxylic acids is 1. The maximum Gasteiger partial charge on any atom is 0.335 e. The van der Waals surface area contributed by atoms with Crippen molar-refractivity contribution in [3.05, 3.63) is 40.7 Å². The number of esters is 1. The van der Waals surface area contributed by atoms with Crippen molar-refractivity contribution < 1.29 is 27.1 Å². The molecule has 9 heteroatoms. The molecule has 0 aliphatic carbocycles. The van der Waals surface area contributed by atoms with E-state index in [1.807, 2.05) is 0 Å². The van der Waals surface area contributed by atoms with Crippen LogP contribution in [0.2, 0.25) is 5.02 Å². The van der Waals surface area contributed by atoms with Crippen LogP contribution in [0, 0.1) is 5.82 Å². The van der Waals surface area contributed by atoms with Crippen LogP contribution in [-0.4, -0.2) is 39.5 Å². The van der Waals surface area contributed by atoms with Gasteiger partial charge in [-0.2, -0.15) is 0 Å². The highest BCUT2D eigenvalue weighted by atomic mass is 35.5. The number of benzene rings is 1. The lowest BCUT2D eigenvalue weighted by atomic mass is 10.1. The van der Waals surface area contributed by atoms with Crippen molar-refractivity contribution in [3.8, 4) is 0 Å². The van der Waals surface area contributed by atoms with Crippen LogP contribution >= 0.6 is 11.6 Å². The first-order valence-corrected chi connectivity index (χ1v) is 8.69. The van der Waals surface area contributed by atoms with E-state index in [0.717, 1.165) is 12.1 Å². The van der Waals surface area contributed by atoms with Crippen molar-refractivity contribution in [1.82, 2.24) is 0 Å². The Morgan fingerprint density at radius 2 is 2.26 bits per heavy atom. The molecule has 0 fully saturated rings. The molecule has 1 N–H and O–H groups in total. The van der Waals surface area contributed by atoms with Crippen LogP contribution in [0.3, 0.4) is 0 Å². The third-order valence-corrected chi connectivity index (χ3v) is 5.06. The van der Waals surface area contributed by atoms with E-state index in [4.69, 9.17) is 21.1 Å². The Balaban J connectivity index is 2.28. The molecule has 6 nitrogen and oxygen atoms in total. The van der Waals surface area contributed by atoms with E-state index in [0.29, 0.717) is 0 Å². The summed E-state index contributed by atoms with van der Waals surface area (Å²) in [6.07, 6.45) is 1.37. The molecule has 23 heavy (non-hydrogen) atoms. The minimum absolute atomic E-state index is 0.00355. The second kappa shape index (κ2) is 7.29. The van der Waals surface area contributed by atoms with Crippen LogP contribution < -0.4 is 4.72 Å². The average Bonchev–Trinajstić information content (AvgIpc) is 2.50. The molecule has 0 bridgehead atoms. The second-order valence-electron chi connectivity index (χ2n) is 4.68. The Labute approximate surface area is 138 Å². The van der Waals surface area contributed by atoms with Gasteiger partial charge in [0.15, 0.2) is 0 Å². The number of anilines is 1. The van der Waals surface area contributed by atoms with Crippen LogP contribution in [0.25, 0.3) is 0 Å². The number of carbonyl (C=O) groups is 1. The van der Waals surface area contributed by atoms with Crippen molar-refractivity contribution in [2.24, 2.45) is 0 Å². The number of ether oxygens (including phenoxy) is 2. The summed E-state index contributed by atoms with van der Waals surface area (Å²) in [5, 5.41) is -1.33. The van der Waals surface area contributed by atoms with Gasteiger partial charge in [-0.05, 0) is 31.2 Å². The smallest absolute Gasteiger partial charge is 0.335 e. The molecule has 0 amide bonds.